The number of carbonyl (C=O) groups is 1. The van der Waals surface area contributed by atoms with E-state index in [1.165, 1.54) is 11.6 Å². The van der Waals surface area contributed by atoms with Crippen molar-refractivity contribution in [1.29, 1.82) is 0 Å². The third kappa shape index (κ3) is 2.93. The van der Waals surface area contributed by atoms with Crippen LogP contribution in [0.2, 0.25) is 10.0 Å². The van der Waals surface area contributed by atoms with E-state index in [4.69, 9.17) is 27.6 Å². The molecule has 6 heteroatoms. The fourth-order valence-electron chi connectivity index (χ4n) is 3.59. The molecule has 0 radical (unpaired) electrons. The number of aromatic carboxylic acids is 1. The van der Waals surface area contributed by atoms with Crippen molar-refractivity contribution in [2.75, 3.05) is 0 Å². The minimum Gasteiger partial charge on any atom is -0.475 e. The van der Waals surface area contributed by atoms with Gasteiger partial charge in [0.2, 0.25) is 11.6 Å². The Bertz CT molecular complexity index is 1000. The number of hydrogen-bond acceptors (Lipinski definition) is 2. The van der Waals surface area contributed by atoms with Crippen LogP contribution in [-0.4, -0.2) is 15.6 Å². The van der Waals surface area contributed by atoms with Crippen molar-refractivity contribution in [3.05, 3.63) is 63.5 Å². The van der Waals surface area contributed by atoms with E-state index in [9.17, 15) is 9.90 Å². The van der Waals surface area contributed by atoms with Gasteiger partial charge in [-0.1, -0.05) is 36.2 Å². The lowest BCUT2D eigenvalue weighted by Crippen LogP contribution is -2.13. The monoisotopic (exact) mass is 389 g/mol. The Morgan fingerprint density at radius 1 is 1.19 bits per heavy atom. The van der Waals surface area contributed by atoms with E-state index in [2.05, 4.69) is 13.0 Å². The van der Waals surface area contributed by atoms with Crippen LogP contribution < -0.4 is 0 Å². The first-order valence-corrected chi connectivity index (χ1v) is 9.22. The summed E-state index contributed by atoms with van der Waals surface area (Å²) in [5.74, 6) is -0.0424. The quantitative estimate of drug-likeness (QED) is 0.609. The molecule has 2 heterocycles. The molecule has 3 aromatic rings. The fourth-order valence-corrected chi connectivity index (χ4v) is 3.89. The molecule has 1 atom stereocenters. The van der Waals surface area contributed by atoms with E-state index in [-0.39, 0.29) is 5.76 Å². The summed E-state index contributed by atoms with van der Waals surface area (Å²) in [5, 5.41) is 10.2. The van der Waals surface area contributed by atoms with Gasteiger partial charge in [-0.15, -0.1) is 0 Å². The molecule has 26 heavy (non-hydrogen) atoms. The average molecular weight is 390 g/mol. The Labute approximate surface area is 161 Å². The minimum absolute atomic E-state index is 0.0771. The largest absolute Gasteiger partial charge is 0.475 e. The molecule has 0 aliphatic heterocycles. The van der Waals surface area contributed by atoms with Crippen LogP contribution in [-0.2, 0) is 12.8 Å². The second-order valence-corrected chi connectivity index (χ2v) is 7.57. The van der Waals surface area contributed by atoms with Crippen molar-refractivity contribution in [1.82, 2.24) is 4.57 Å². The van der Waals surface area contributed by atoms with Gasteiger partial charge in [-0.2, -0.15) is 0 Å². The molecule has 0 fully saturated rings. The molecule has 4 rings (SSSR count). The number of fused-ring (bicyclic) bond motifs is 1. The van der Waals surface area contributed by atoms with Gasteiger partial charge in [-0.05, 0) is 55.0 Å². The first kappa shape index (κ1) is 17.3. The summed E-state index contributed by atoms with van der Waals surface area (Å²) in [4.78, 5) is 11.2. The number of nitrogens with zero attached hydrogens (tertiary/aromatic N) is 1. The van der Waals surface area contributed by atoms with Crippen LogP contribution in [0.5, 0.6) is 0 Å². The van der Waals surface area contributed by atoms with Crippen molar-refractivity contribution < 1.29 is 14.3 Å². The molecule has 0 saturated heterocycles. The molecule has 0 saturated carbocycles. The minimum atomic E-state index is -1.08. The molecule has 1 aliphatic carbocycles. The molecule has 0 amide bonds. The predicted molar refractivity (Wildman–Crippen MR) is 102 cm³/mol. The first-order chi connectivity index (χ1) is 12.4. The fraction of sp³-hybridized carbons (Fsp3) is 0.250. The molecule has 1 unspecified atom stereocenters. The van der Waals surface area contributed by atoms with E-state index >= 15 is 0 Å². The van der Waals surface area contributed by atoms with Crippen LogP contribution in [0.4, 0.5) is 0 Å². The molecule has 0 spiro atoms. The second kappa shape index (κ2) is 6.53. The third-order valence-electron chi connectivity index (χ3n) is 4.87. The summed E-state index contributed by atoms with van der Waals surface area (Å²) in [6.07, 6.45) is 2.99. The van der Waals surface area contributed by atoms with Gasteiger partial charge in [0.15, 0.2) is 0 Å². The Hall–Kier alpha value is -2.17. The maximum Gasteiger partial charge on any atom is 0.371 e. The van der Waals surface area contributed by atoms with E-state index in [1.54, 1.807) is 12.1 Å². The molecular weight excluding hydrogens is 373 g/mol. The van der Waals surface area contributed by atoms with E-state index in [1.807, 2.05) is 16.7 Å². The first-order valence-electron chi connectivity index (χ1n) is 8.46. The van der Waals surface area contributed by atoms with Crippen molar-refractivity contribution in [2.24, 2.45) is 5.92 Å². The van der Waals surface area contributed by atoms with Gasteiger partial charge in [0, 0.05) is 17.3 Å². The molecule has 1 N–H and O–H groups in total. The van der Waals surface area contributed by atoms with Gasteiger partial charge in [0.05, 0.1) is 15.7 Å². The number of furan rings is 1. The van der Waals surface area contributed by atoms with Crippen LogP contribution in [0.3, 0.4) is 0 Å². The SMILES string of the molecule is CC1CCc2c(cc(-c3ccc(Cl)c(Cl)c3)n2-c2ccc(C(=O)O)o2)C1. The highest BCUT2D eigenvalue weighted by Gasteiger charge is 2.25. The Balaban J connectivity index is 1.92. The molecule has 2 aromatic heterocycles. The normalized spacial score (nSPS) is 16.5. The molecular formula is C20H17Cl2NO3. The number of benzene rings is 1. The van der Waals surface area contributed by atoms with Gasteiger partial charge in [0.25, 0.3) is 0 Å². The molecule has 4 nitrogen and oxygen atoms in total. The van der Waals surface area contributed by atoms with E-state index in [0.29, 0.717) is 21.8 Å². The molecule has 1 aromatic carbocycles. The lowest BCUT2D eigenvalue weighted by molar-refractivity contribution is 0.0662. The van der Waals surface area contributed by atoms with Crippen LogP contribution in [0.25, 0.3) is 17.1 Å². The highest BCUT2D eigenvalue weighted by atomic mass is 35.5. The Morgan fingerprint density at radius 2 is 2.00 bits per heavy atom. The standard InChI is InChI=1S/C20H17Cl2NO3/c1-11-2-5-16-13(8-11)10-17(12-3-4-14(21)15(22)9-12)23(16)19-7-6-18(26-19)20(24)25/h3-4,6-7,9-11H,2,5,8H2,1H3,(H,24,25). The maximum atomic E-state index is 11.2. The smallest absolute Gasteiger partial charge is 0.371 e. The summed E-state index contributed by atoms with van der Waals surface area (Å²) in [6, 6.07) is 10.8. The van der Waals surface area contributed by atoms with Crippen LogP contribution in [0.1, 0.15) is 35.2 Å². The predicted octanol–water partition coefficient (Wildman–Crippen LogP) is 5.87. The summed E-state index contributed by atoms with van der Waals surface area (Å²) >= 11 is 12.3. The van der Waals surface area contributed by atoms with Crippen LogP contribution in [0.15, 0.2) is 40.8 Å². The highest BCUT2D eigenvalue weighted by Crippen LogP contribution is 2.37. The zero-order chi connectivity index (χ0) is 18.4. The maximum absolute atomic E-state index is 11.2. The van der Waals surface area contributed by atoms with Gasteiger partial charge >= 0.3 is 5.97 Å². The van der Waals surface area contributed by atoms with Crippen molar-refractivity contribution in [2.45, 2.75) is 26.2 Å². The topological polar surface area (TPSA) is 55.4 Å². The molecule has 0 bridgehead atoms. The average Bonchev–Trinajstić information content (AvgIpc) is 3.21. The Morgan fingerprint density at radius 3 is 2.69 bits per heavy atom. The lowest BCUT2D eigenvalue weighted by Gasteiger charge is -2.20. The van der Waals surface area contributed by atoms with E-state index < -0.39 is 5.97 Å². The number of aromatic nitrogens is 1. The van der Waals surface area contributed by atoms with Crippen molar-refractivity contribution in [3.8, 4) is 17.1 Å². The number of rotatable bonds is 3. The Kier molecular flexibility index (Phi) is 4.33. The van der Waals surface area contributed by atoms with Crippen LogP contribution >= 0.6 is 23.2 Å². The second-order valence-electron chi connectivity index (χ2n) is 6.76. The van der Waals surface area contributed by atoms with E-state index in [0.717, 1.165) is 36.2 Å². The number of halogens is 2. The van der Waals surface area contributed by atoms with Gasteiger partial charge < -0.3 is 9.52 Å². The summed E-state index contributed by atoms with van der Waals surface area (Å²) < 4.78 is 7.61. The summed E-state index contributed by atoms with van der Waals surface area (Å²) in [6.45, 7) is 2.24. The third-order valence-corrected chi connectivity index (χ3v) is 5.61. The molecule has 1 aliphatic rings. The zero-order valence-electron chi connectivity index (χ0n) is 14.1. The number of carboxylic acid groups (broad SMARTS) is 1. The van der Waals surface area contributed by atoms with Crippen molar-refractivity contribution >= 4 is 29.2 Å². The number of carboxylic acids is 1. The zero-order valence-corrected chi connectivity index (χ0v) is 15.6. The van der Waals surface area contributed by atoms with Gasteiger partial charge in [-0.25, -0.2) is 4.79 Å². The van der Waals surface area contributed by atoms with Crippen LogP contribution in [0, 0.1) is 5.92 Å². The van der Waals surface area contributed by atoms with Crippen molar-refractivity contribution in [3.63, 3.8) is 0 Å². The van der Waals surface area contributed by atoms with Gasteiger partial charge in [0.1, 0.15) is 0 Å². The molecule has 134 valence electrons. The summed E-state index contributed by atoms with van der Waals surface area (Å²) in [5.41, 5.74) is 4.26. The lowest BCUT2D eigenvalue weighted by atomic mass is 9.89. The highest BCUT2D eigenvalue weighted by molar-refractivity contribution is 6.42. The van der Waals surface area contributed by atoms with Gasteiger partial charge in [-0.3, -0.25) is 4.57 Å². The number of hydrogen-bond donors (Lipinski definition) is 1. The summed E-state index contributed by atoms with van der Waals surface area (Å²) in [7, 11) is 0.